The first-order chi connectivity index (χ1) is 9.52. The van der Waals surface area contributed by atoms with Gasteiger partial charge >= 0.3 is 0 Å². The van der Waals surface area contributed by atoms with Crippen LogP contribution in [0.5, 0.6) is 0 Å². The van der Waals surface area contributed by atoms with Crippen LogP contribution in [0.3, 0.4) is 0 Å². The van der Waals surface area contributed by atoms with Crippen molar-refractivity contribution in [2.45, 2.75) is 19.4 Å². The second-order valence-corrected chi connectivity index (χ2v) is 4.39. The molecular formula is C14H19N3O3. The fraction of sp³-hybridized carbons (Fsp3) is 0.357. The van der Waals surface area contributed by atoms with Crippen LogP contribution in [0.4, 0.5) is 0 Å². The molecule has 0 spiro atoms. The fourth-order valence-electron chi connectivity index (χ4n) is 1.69. The smallest absolute Gasteiger partial charge is 0.239 e. The lowest BCUT2D eigenvalue weighted by Crippen LogP contribution is -2.48. The van der Waals surface area contributed by atoms with Gasteiger partial charge in [-0.3, -0.25) is 14.4 Å². The summed E-state index contributed by atoms with van der Waals surface area (Å²) in [6, 6.07) is 8.66. The molecule has 1 atom stereocenters. The van der Waals surface area contributed by atoms with Gasteiger partial charge in [-0.1, -0.05) is 30.3 Å². The summed E-state index contributed by atoms with van der Waals surface area (Å²) < 4.78 is 0. The molecule has 4 N–H and O–H groups in total. The Balaban J connectivity index is 2.63. The second kappa shape index (κ2) is 8.06. The van der Waals surface area contributed by atoms with Crippen molar-refractivity contribution in [3.05, 3.63) is 35.9 Å². The zero-order chi connectivity index (χ0) is 15.0. The molecule has 0 fully saturated rings. The summed E-state index contributed by atoms with van der Waals surface area (Å²) in [6.45, 7) is 1.02. The Hall–Kier alpha value is -2.21. The molecule has 0 bridgehead atoms. The lowest BCUT2D eigenvalue weighted by atomic mass is 10.0. The molecule has 0 saturated carbocycles. The molecule has 0 radical (unpaired) electrons. The highest BCUT2D eigenvalue weighted by molar-refractivity contribution is 5.91. The Kier molecular flexibility index (Phi) is 6.39. The van der Waals surface area contributed by atoms with Crippen LogP contribution in [0, 0.1) is 0 Å². The third-order valence-electron chi connectivity index (χ3n) is 2.71. The van der Waals surface area contributed by atoms with Gasteiger partial charge in [-0.05, 0) is 12.0 Å². The van der Waals surface area contributed by atoms with Crippen LogP contribution in [-0.4, -0.2) is 36.7 Å². The molecule has 2 amide bonds. The SMILES string of the molecule is CC(=O)NCC(=O)N[C@H](Cc1ccccc1)C(=O)CN. The van der Waals surface area contributed by atoms with Crippen molar-refractivity contribution in [1.29, 1.82) is 0 Å². The van der Waals surface area contributed by atoms with E-state index >= 15 is 0 Å². The minimum atomic E-state index is -0.677. The number of nitrogens with two attached hydrogens (primary N) is 1. The average molecular weight is 277 g/mol. The first-order valence-electron chi connectivity index (χ1n) is 6.33. The Morgan fingerprint density at radius 1 is 1.20 bits per heavy atom. The van der Waals surface area contributed by atoms with Gasteiger partial charge in [0.2, 0.25) is 11.8 Å². The first kappa shape index (κ1) is 15.8. The molecule has 0 aromatic heterocycles. The van der Waals surface area contributed by atoms with E-state index in [-0.39, 0.29) is 24.8 Å². The van der Waals surface area contributed by atoms with Crippen LogP contribution < -0.4 is 16.4 Å². The minimum absolute atomic E-state index is 0.141. The second-order valence-electron chi connectivity index (χ2n) is 4.39. The lowest BCUT2D eigenvalue weighted by Gasteiger charge is -2.17. The Labute approximate surface area is 117 Å². The van der Waals surface area contributed by atoms with Crippen molar-refractivity contribution in [3.63, 3.8) is 0 Å². The van der Waals surface area contributed by atoms with E-state index in [4.69, 9.17) is 5.73 Å². The molecule has 6 nitrogen and oxygen atoms in total. The number of hydrogen-bond donors (Lipinski definition) is 3. The maximum atomic E-state index is 11.8. The third kappa shape index (κ3) is 5.62. The zero-order valence-electron chi connectivity index (χ0n) is 11.4. The van der Waals surface area contributed by atoms with E-state index in [1.165, 1.54) is 6.92 Å². The van der Waals surface area contributed by atoms with E-state index in [1.807, 2.05) is 30.3 Å². The topological polar surface area (TPSA) is 101 Å². The van der Waals surface area contributed by atoms with Gasteiger partial charge in [-0.2, -0.15) is 0 Å². The third-order valence-corrected chi connectivity index (χ3v) is 2.71. The largest absolute Gasteiger partial charge is 0.347 e. The highest BCUT2D eigenvalue weighted by Crippen LogP contribution is 2.03. The van der Waals surface area contributed by atoms with Gasteiger partial charge in [0.25, 0.3) is 0 Å². The van der Waals surface area contributed by atoms with Gasteiger partial charge in [0.15, 0.2) is 5.78 Å². The van der Waals surface area contributed by atoms with Gasteiger partial charge in [-0.25, -0.2) is 0 Å². The predicted octanol–water partition coefficient (Wildman–Crippen LogP) is -0.622. The number of rotatable bonds is 7. The normalized spacial score (nSPS) is 11.5. The standard InChI is InChI=1S/C14H19N3O3/c1-10(18)16-9-14(20)17-12(13(19)8-15)7-11-5-3-2-4-6-11/h2-6,12H,7-9,15H2,1H3,(H,16,18)(H,17,20)/t12-/m1/s1. The molecule has 0 aliphatic rings. The van der Waals surface area contributed by atoms with E-state index in [2.05, 4.69) is 10.6 Å². The zero-order valence-corrected chi connectivity index (χ0v) is 11.4. The molecule has 0 unspecified atom stereocenters. The number of carbonyl (C=O) groups excluding carboxylic acids is 3. The van der Waals surface area contributed by atoms with Crippen molar-refractivity contribution in [2.24, 2.45) is 5.73 Å². The van der Waals surface area contributed by atoms with Gasteiger partial charge in [0.05, 0.1) is 19.1 Å². The van der Waals surface area contributed by atoms with Crippen molar-refractivity contribution in [3.8, 4) is 0 Å². The Morgan fingerprint density at radius 3 is 2.40 bits per heavy atom. The van der Waals surface area contributed by atoms with Crippen LogP contribution >= 0.6 is 0 Å². The Morgan fingerprint density at radius 2 is 1.85 bits per heavy atom. The molecule has 6 heteroatoms. The van der Waals surface area contributed by atoms with E-state index in [0.717, 1.165) is 5.56 Å². The number of nitrogens with one attached hydrogen (secondary N) is 2. The van der Waals surface area contributed by atoms with Crippen LogP contribution in [0.25, 0.3) is 0 Å². The van der Waals surface area contributed by atoms with Gasteiger partial charge in [0.1, 0.15) is 0 Å². The summed E-state index contributed by atoms with van der Waals surface area (Å²) in [5.74, 6) is -0.960. The molecule has 0 heterocycles. The number of benzene rings is 1. The van der Waals surface area contributed by atoms with E-state index in [1.54, 1.807) is 0 Å². The van der Waals surface area contributed by atoms with E-state index < -0.39 is 11.9 Å². The number of hydrogen-bond acceptors (Lipinski definition) is 4. The molecule has 0 saturated heterocycles. The van der Waals surface area contributed by atoms with Crippen LogP contribution in [0.15, 0.2) is 30.3 Å². The monoisotopic (exact) mass is 277 g/mol. The predicted molar refractivity (Wildman–Crippen MR) is 74.8 cm³/mol. The van der Waals surface area contributed by atoms with Gasteiger partial charge in [0, 0.05) is 6.92 Å². The maximum absolute atomic E-state index is 11.8. The molecule has 1 rings (SSSR count). The average Bonchev–Trinajstić information content (AvgIpc) is 2.44. The molecule has 1 aromatic carbocycles. The lowest BCUT2D eigenvalue weighted by molar-refractivity contribution is -0.128. The van der Waals surface area contributed by atoms with Crippen LogP contribution in [0.1, 0.15) is 12.5 Å². The minimum Gasteiger partial charge on any atom is -0.347 e. The van der Waals surface area contributed by atoms with Crippen molar-refractivity contribution in [1.82, 2.24) is 10.6 Å². The Bertz CT molecular complexity index is 474. The number of carbonyl (C=O) groups is 3. The summed E-state index contributed by atoms with van der Waals surface area (Å²) in [5.41, 5.74) is 6.28. The van der Waals surface area contributed by atoms with Crippen molar-refractivity contribution in [2.75, 3.05) is 13.1 Å². The fourth-order valence-corrected chi connectivity index (χ4v) is 1.69. The van der Waals surface area contributed by atoms with E-state index in [0.29, 0.717) is 6.42 Å². The summed E-state index contributed by atoms with van der Waals surface area (Å²) in [4.78, 5) is 34.1. The highest BCUT2D eigenvalue weighted by atomic mass is 16.2. The summed E-state index contributed by atoms with van der Waals surface area (Å²) in [6.07, 6.45) is 0.378. The van der Waals surface area contributed by atoms with Gasteiger partial charge < -0.3 is 16.4 Å². The number of Topliss-reactive ketones (excluding diaryl/α,β-unsaturated/α-hetero) is 1. The molecule has 0 aliphatic carbocycles. The molecular weight excluding hydrogens is 258 g/mol. The first-order valence-corrected chi connectivity index (χ1v) is 6.33. The van der Waals surface area contributed by atoms with Crippen molar-refractivity contribution >= 4 is 17.6 Å². The molecule has 1 aromatic rings. The molecule has 108 valence electrons. The molecule has 0 aliphatic heterocycles. The summed E-state index contributed by atoms with van der Waals surface area (Å²) in [5, 5.41) is 4.97. The molecule has 20 heavy (non-hydrogen) atoms. The van der Waals surface area contributed by atoms with E-state index in [9.17, 15) is 14.4 Å². The quantitative estimate of drug-likeness (QED) is 0.618. The maximum Gasteiger partial charge on any atom is 0.239 e. The van der Waals surface area contributed by atoms with Crippen LogP contribution in [-0.2, 0) is 20.8 Å². The van der Waals surface area contributed by atoms with Crippen molar-refractivity contribution < 1.29 is 14.4 Å². The number of amides is 2. The summed E-state index contributed by atoms with van der Waals surface area (Å²) >= 11 is 0. The summed E-state index contributed by atoms with van der Waals surface area (Å²) in [7, 11) is 0. The van der Waals surface area contributed by atoms with Crippen LogP contribution in [0.2, 0.25) is 0 Å². The highest BCUT2D eigenvalue weighted by Gasteiger charge is 2.19. The van der Waals surface area contributed by atoms with Gasteiger partial charge in [-0.15, -0.1) is 0 Å². The number of ketones is 1.